The second kappa shape index (κ2) is 22.8. The number of hydrogen-bond donors (Lipinski definition) is 0. The van der Waals surface area contributed by atoms with E-state index in [1.807, 2.05) is 36.4 Å². The minimum atomic E-state index is 0.0388. The molecule has 4 nitrogen and oxygen atoms in total. The van der Waals surface area contributed by atoms with Gasteiger partial charge in [0.1, 0.15) is 11.6 Å². The van der Waals surface area contributed by atoms with Crippen LogP contribution in [0.2, 0.25) is 0 Å². The van der Waals surface area contributed by atoms with Crippen molar-refractivity contribution in [3.05, 3.63) is 48.8 Å². The lowest BCUT2D eigenvalue weighted by Gasteiger charge is -2.20. The lowest BCUT2D eigenvalue weighted by Crippen LogP contribution is -2.27. The Morgan fingerprint density at radius 3 is 1.49 bits per heavy atom. The average Bonchev–Trinajstić information content (AvgIpc) is 2.97. The summed E-state index contributed by atoms with van der Waals surface area (Å²) in [4.78, 5) is 23.3. The zero-order chi connectivity index (χ0) is 27.6. The van der Waals surface area contributed by atoms with Gasteiger partial charge in [-0.1, -0.05) is 114 Å². The van der Waals surface area contributed by atoms with E-state index in [9.17, 15) is 4.79 Å². The number of unbranched alkanes of at least 4 members (excludes halogenated alkanes) is 16. The van der Waals surface area contributed by atoms with Gasteiger partial charge in [0.2, 0.25) is 5.91 Å². The Hall–Kier alpha value is -3.11. The maximum Gasteiger partial charge on any atom is 0.233 e. The first kappa shape index (κ1) is 32.1. The van der Waals surface area contributed by atoms with Gasteiger partial charge in [0.15, 0.2) is 0 Å². The lowest BCUT2D eigenvalue weighted by atomic mass is 10.1. The third-order valence-corrected chi connectivity index (χ3v) is 6.84. The molecule has 0 aliphatic heterocycles. The Bertz CT molecular complexity index is 959. The van der Waals surface area contributed by atoms with E-state index in [2.05, 4.69) is 40.6 Å². The van der Waals surface area contributed by atoms with Gasteiger partial charge in [-0.05, 0) is 55.4 Å². The van der Waals surface area contributed by atoms with Gasteiger partial charge in [-0.25, -0.2) is 14.9 Å². The molecule has 2 rings (SSSR count). The highest BCUT2D eigenvalue weighted by molar-refractivity contribution is 5.98. The van der Waals surface area contributed by atoms with E-state index < -0.39 is 0 Å². The van der Waals surface area contributed by atoms with Gasteiger partial charge in [0, 0.05) is 31.7 Å². The van der Waals surface area contributed by atoms with E-state index in [0.29, 0.717) is 18.1 Å². The molecular weight excluding hydrogens is 478 g/mol. The maximum absolute atomic E-state index is 13.0. The second-order valence-corrected chi connectivity index (χ2v) is 10.3. The Morgan fingerprint density at radius 2 is 1.05 bits per heavy atom. The van der Waals surface area contributed by atoms with E-state index in [0.717, 1.165) is 38.5 Å². The standard InChI is InChI=1S/C35H49N3O/c1-2-3-4-5-6-7-8-9-10-11-12-13-14-15-16-17-18-19-20-21-22-23-30-35(39)38(33-28-24-26-31-36-33)34-29-25-27-32-37-34/h24-29,31-32H,2-12,17-23,30H2,1H3. The largest absolute Gasteiger partial charge is 0.274 e. The van der Waals surface area contributed by atoms with Gasteiger partial charge >= 0.3 is 0 Å². The fraction of sp³-hybridized carbons (Fsp3) is 0.571. The maximum atomic E-state index is 13.0. The lowest BCUT2D eigenvalue weighted by molar-refractivity contribution is -0.118. The molecule has 0 atom stereocenters. The first-order valence-corrected chi connectivity index (χ1v) is 15.4. The molecule has 0 radical (unpaired) electrons. The van der Waals surface area contributed by atoms with Crippen LogP contribution in [0.5, 0.6) is 0 Å². The zero-order valence-corrected chi connectivity index (χ0v) is 24.3. The summed E-state index contributed by atoms with van der Waals surface area (Å²) < 4.78 is 0. The molecule has 2 aromatic rings. The molecule has 0 unspecified atom stereocenters. The van der Waals surface area contributed by atoms with Gasteiger partial charge in [-0.2, -0.15) is 0 Å². The van der Waals surface area contributed by atoms with E-state index >= 15 is 0 Å². The average molecular weight is 528 g/mol. The van der Waals surface area contributed by atoms with Gasteiger partial charge < -0.3 is 0 Å². The number of nitrogens with zero attached hydrogens (tertiary/aromatic N) is 3. The van der Waals surface area contributed by atoms with Crippen LogP contribution in [-0.2, 0) is 4.79 Å². The number of carbonyl (C=O) groups is 1. The Labute approximate surface area is 238 Å². The van der Waals surface area contributed by atoms with Crippen LogP contribution in [0, 0.1) is 23.7 Å². The topological polar surface area (TPSA) is 46.1 Å². The van der Waals surface area contributed by atoms with Crippen molar-refractivity contribution in [1.29, 1.82) is 0 Å². The molecule has 0 saturated carbocycles. The Kier molecular flexibility index (Phi) is 18.8. The molecule has 0 spiro atoms. The summed E-state index contributed by atoms with van der Waals surface area (Å²) in [7, 11) is 0. The van der Waals surface area contributed by atoms with Crippen LogP contribution in [0.25, 0.3) is 0 Å². The van der Waals surface area contributed by atoms with Gasteiger partial charge in [0.25, 0.3) is 0 Å². The fourth-order valence-electron chi connectivity index (χ4n) is 4.57. The molecule has 0 bridgehead atoms. The summed E-state index contributed by atoms with van der Waals surface area (Å²) in [5.41, 5.74) is 0. The van der Waals surface area contributed by atoms with Gasteiger partial charge in [-0.15, -0.1) is 0 Å². The molecule has 0 fully saturated rings. The quantitative estimate of drug-likeness (QED) is 0.127. The minimum absolute atomic E-state index is 0.0388. The van der Waals surface area contributed by atoms with Crippen LogP contribution >= 0.6 is 0 Å². The van der Waals surface area contributed by atoms with E-state index in [1.54, 1.807) is 17.3 Å². The fourth-order valence-corrected chi connectivity index (χ4v) is 4.57. The van der Waals surface area contributed by atoms with Crippen LogP contribution in [-0.4, -0.2) is 15.9 Å². The predicted molar refractivity (Wildman–Crippen MR) is 165 cm³/mol. The minimum Gasteiger partial charge on any atom is -0.274 e. The van der Waals surface area contributed by atoms with Crippen LogP contribution in [0.15, 0.2) is 48.8 Å². The van der Waals surface area contributed by atoms with Gasteiger partial charge in [0.05, 0.1) is 0 Å². The first-order chi connectivity index (χ1) is 19.3. The molecule has 0 saturated heterocycles. The highest BCUT2D eigenvalue weighted by Gasteiger charge is 2.19. The molecule has 210 valence electrons. The summed E-state index contributed by atoms with van der Waals surface area (Å²) in [5.74, 6) is 13.7. The van der Waals surface area contributed by atoms with Crippen LogP contribution in [0.1, 0.15) is 129 Å². The number of hydrogen-bond acceptors (Lipinski definition) is 3. The van der Waals surface area contributed by atoms with Crippen molar-refractivity contribution < 1.29 is 4.79 Å². The molecule has 0 aliphatic carbocycles. The predicted octanol–water partition coefficient (Wildman–Crippen LogP) is 9.58. The van der Waals surface area contributed by atoms with Crippen LogP contribution < -0.4 is 4.90 Å². The number of rotatable bonds is 20. The van der Waals surface area contributed by atoms with Crippen LogP contribution in [0.4, 0.5) is 11.6 Å². The molecule has 0 aromatic carbocycles. The summed E-state index contributed by atoms with van der Waals surface area (Å²) in [6.45, 7) is 2.27. The summed E-state index contributed by atoms with van der Waals surface area (Å²) in [5, 5.41) is 0. The molecule has 39 heavy (non-hydrogen) atoms. The number of aromatic nitrogens is 2. The molecule has 0 N–H and O–H groups in total. The monoisotopic (exact) mass is 527 g/mol. The molecule has 0 aliphatic rings. The Balaban J connectivity index is 1.45. The van der Waals surface area contributed by atoms with Crippen molar-refractivity contribution in [1.82, 2.24) is 9.97 Å². The number of pyridine rings is 2. The van der Waals surface area contributed by atoms with Crippen molar-refractivity contribution in [3.63, 3.8) is 0 Å². The Morgan fingerprint density at radius 1 is 0.615 bits per heavy atom. The number of amides is 1. The smallest absolute Gasteiger partial charge is 0.233 e. The SMILES string of the molecule is CCCCCCCCCCCCC#CC#CCCCCCCCCC(=O)N(c1ccccn1)c1ccccn1. The van der Waals surface area contributed by atoms with E-state index in [4.69, 9.17) is 0 Å². The molecule has 2 aromatic heterocycles. The highest BCUT2D eigenvalue weighted by Crippen LogP contribution is 2.23. The second-order valence-electron chi connectivity index (χ2n) is 10.3. The zero-order valence-electron chi connectivity index (χ0n) is 24.3. The molecule has 2 heterocycles. The van der Waals surface area contributed by atoms with Crippen molar-refractivity contribution in [3.8, 4) is 23.7 Å². The summed E-state index contributed by atoms with van der Waals surface area (Å²) >= 11 is 0. The molecular formula is C35H49N3O. The third kappa shape index (κ3) is 15.8. The summed E-state index contributed by atoms with van der Waals surface area (Å²) in [6.07, 6.45) is 26.0. The first-order valence-electron chi connectivity index (χ1n) is 15.4. The molecule has 1 amide bonds. The van der Waals surface area contributed by atoms with Crippen LogP contribution in [0.3, 0.4) is 0 Å². The molecule has 4 heteroatoms. The number of anilines is 2. The van der Waals surface area contributed by atoms with Crippen molar-refractivity contribution >= 4 is 17.5 Å². The van der Waals surface area contributed by atoms with Crippen molar-refractivity contribution in [2.45, 2.75) is 129 Å². The normalized spacial score (nSPS) is 10.3. The van der Waals surface area contributed by atoms with Crippen molar-refractivity contribution in [2.24, 2.45) is 0 Å². The van der Waals surface area contributed by atoms with Crippen molar-refractivity contribution in [2.75, 3.05) is 4.90 Å². The summed E-state index contributed by atoms with van der Waals surface area (Å²) in [6, 6.07) is 11.2. The third-order valence-electron chi connectivity index (χ3n) is 6.84. The van der Waals surface area contributed by atoms with Gasteiger partial charge in [-0.3, -0.25) is 4.79 Å². The number of carbonyl (C=O) groups excluding carboxylic acids is 1. The highest BCUT2D eigenvalue weighted by atomic mass is 16.2. The van der Waals surface area contributed by atoms with E-state index in [-0.39, 0.29) is 5.91 Å². The van der Waals surface area contributed by atoms with E-state index in [1.165, 1.54) is 77.0 Å².